The van der Waals surface area contributed by atoms with Crippen molar-refractivity contribution in [3.63, 3.8) is 0 Å². The highest BCUT2D eigenvalue weighted by molar-refractivity contribution is 9.09. The maximum atomic E-state index is 5.60. The van der Waals surface area contributed by atoms with Crippen molar-refractivity contribution in [2.75, 3.05) is 18.5 Å². The van der Waals surface area contributed by atoms with E-state index in [1.54, 1.807) is 0 Å². The van der Waals surface area contributed by atoms with Crippen LogP contribution in [0.2, 0.25) is 0 Å². The molecule has 0 aliphatic rings. The van der Waals surface area contributed by atoms with E-state index in [0.29, 0.717) is 0 Å². The molecule has 0 spiro atoms. The first-order chi connectivity index (χ1) is 9.41. The van der Waals surface area contributed by atoms with Gasteiger partial charge >= 0.3 is 0 Å². The fraction of sp³-hybridized carbons (Fsp3) is 1.00. The molecule has 0 N–H and O–H groups in total. The molecule has 0 radical (unpaired) electrons. The van der Waals surface area contributed by atoms with Crippen LogP contribution in [-0.2, 0) is 4.74 Å². The van der Waals surface area contributed by atoms with Gasteiger partial charge in [-0.25, -0.2) is 0 Å². The highest BCUT2D eigenvalue weighted by atomic mass is 79.9. The van der Waals surface area contributed by atoms with Crippen LogP contribution in [0.25, 0.3) is 0 Å². The zero-order valence-electron chi connectivity index (χ0n) is 13.1. The summed E-state index contributed by atoms with van der Waals surface area (Å²) in [5.41, 5.74) is 0. The van der Waals surface area contributed by atoms with Crippen molar-refractivity contribution in [2.45, 2.75) is 90.4 Å². The molecule has 0 aliphatic carbocycles. The van der Waals surface area contributed by atoms with Gasteiger partial charge in [0.1, 0.15) is 0 Å². The third-order valence-corrected chi connectivity index (χ3v) is 4.13. The average Bonchev–Trinajstić information content (AvgIpc) is 2.43. The van der Waals surface area contributed by atoms with Crippen LogP contribution in [0.15, 0.2) is 0 Å². The summed E-state index contributed by atoms with van der Waals surface area (Å²) in [6.45, 7) is 4.20. The molecule has 116 valence electrons. The molecular formula is C17H35BrO. The maximum absolute atomic E-state index is 5.60. The Labute approximate surface area is 130 Å². The Bertz CT molecular complexity index is 134. The molecule has 0 aromatic carbocycles. The van der Waals surface area contributed by atoms with E-state index < -0.39 is 0 Å². The molecule has 0 fully saturated rings. The molecule has 0 aliphatic heterocycles. The van der Waals surface area contributed by atoms with Crippen LogP contribution in [-0.4, -0.2) is 18.5 Å². The molecule has 0 aromatic rings. The van der Waals surface area contributed by atoms with Crippen molar-refractivity contribution in [3.05, 3.63) is 0 Å². The number of unbranched alkanes of at least 4 members (excludes halogenated alkanes) is 11. The topological polar surface area (TPSA) is 9.23 Å². The van der Waals surface area contributed by atoms with Gasteiger partial charge in [-0.05, 0) is 19.3 Å². The first kappa shape index (κ1) is 19.4. The third-order valence-electron chi connectivity index (χ3n) is 3.56. The van der Waals surface area contributed by atoms with E-state index in [1.165, 1.54) is 83.5 Å². The van der Waals surface area contributed by atoms with Crippen LogP contribution in [0, 0.1) is 0 Å². The quantitative estimate of drug-likeness (QED) is 0.231. The van der Waals surface area contributed by atoms with Crippen LogP contribution >= 0.6 is 15.9 Å². The third kappa shape index (κ3) is 18.4. The molecule has 0 aromatic heterocycles. The molecule has 2 heteroatoms. The van der Waals surface area contributed by atoms with Crippen molar-refractivity contribution in [2.24, 2.45) is 0 Å². The van der Waals surface area contributed by atoms with E-state index in [2.05, 4.69) is 22.9 Å². The van der Waals surface area contributed by atoms with Gasteiger partial charge in [0.15, 0.2) is 0 Å². The zero-order chi connectivity index (χ0) is 14.0. The molecular weight excluding hydrogens is 300 g/mol. The maximum Gasteiger partial charge on any atom is 0.0466 e. The van der Waals surface area contributed by atoms with Gasteiger partial charge in [-0.15, -0.1) is 0 Å². The Morgan fingerprint density at radius 1 is 0.579 bits per heavy atom. The predicted molar refractivity (Wildman–Crippen MR) is 90.3 cm³/mol. The van der Waals surface area contributed by atoms with Crippen LogP contribution < -0.4 is 0 Å². The molecule has 19 heavy (non-hydrogen) atoms. The minimum Gasteiger partial charge on any atom is -0.381 e. The second kappa shape index (κ2) is 18.4. The normalized spacial score (nSPS) is 11.1. The van der Waals surface area contributed by atoms with Crippen molar-refractivity contribution < 1.29 is 4.74 Å². The summed E-state index contributed by atoms with van der Waals surface area (Å²) in [6.07, 6.45) is 17.9. The summed E-state index contributed by atoms with van der Waals surface area (Å²) in [5, 5.41) is 1.11. The van der Waals surface area contributed by atoms with Gasteiger partial charge in [0.2, 0.25) is 0 Å². The van der Waals surface area contributed by atoms with Crippen LogP contribution in [0.3, 0.4) is 0 Å². The molecule has 0 amide bonds. The first-order valence-corrected chi connectivity index (χ1v) is 9.67. The molecule has 1 nitrogen and oxygen atoms in total. The largest absolute Gasteiger partial charge is 0.381 e. The Kier molecular flexibility index (Phi) is 18.9. The lowest BCUT2D eigenvalue weighted by atomic mass is 10.1. The highest BCUT2D eigenvalue weighted by Crippen LogP contribution is 2.11. The number of rotatable bonds is 16. The zero-order valence-corrected chi connectivity index (χ0v) is 14.7. The summed E-state index contributed by atoms with van der Waals surface area (Å²) in [6, 6.07) is 0. The van der Waals surface area contributed by atoms with Crippen molar-refractivity contribution in [3.8, 4) is 0 Å². The smallest absolute Gasteiger partial charge is 0.0466 e. The van der Waals surface area contributed by atoms with Gasteiger partial charge in [-0.3, -0.25) is 0 Å². The number of alkyl halides is 1. The SMILES string of the molecule is CCCCCCCCCCCCCOCCCCBr. The second-order valence-electron chi connectivity index (χ2n) is 5.54. The summed E-state index contributed by atoms with van der Waals surface area (Å²) in [7, 11) is 0. The Balaban J connectivity index is 2.88. The number of hydrogen-bond donors (Lipinski definition) is 0. The Hall–Kier alpha value is 0.440. The predicted octanol–water partition coefficient (Wildman–Crippen LogP) is 6.49. The van der Waals surface area contributed by atoms with Gasteiger partial charge in [-0.1, -0.05) is 87.1 Å². The summed E-state index contributed by atoms with van der Waals surface area (Å²) >= 11 is 3.44. The fourth-order valence-electron chi connectivity index (χ4n) is 2.27. The summed E-state index contributed by atoms with van der Waals surface area (Å²) in [4.78, 5) is 0. The molecule has 0 unspecified atom stereocenters. The monoisotopic (exact) mass is 334 g/mol. The lowest BCUT2D eigenvalue weighted by Gasteiger charge is -2.04. The van der Waals surface area contributed by atoms with Crippen molar-refractivity contribution >= 4 is 15.9 Å². The standard InChI is InChI=1S/C17H35BrO/c1-2-3-4-5-6-7-8-9-10-11-13-16-19-17-14-12-15-18/h2-17H2,1H3. The lowest BCUT2D eigenvalue weighted by Crippen LogP contribution is -1.97. The second-order valence-corrected chi connectivity index (χ2v) is 6.34. The van der Waals surface area contributed by atoms with Gasteiger partial charge < -0.3 is 4.74 Å². The number of halogens is 1. The summed E-state index contributed by atoms with van der Waals surface area (Å²) < 4.78 is 5.60. The minimum atomic E-state index is 0.948. The van der Waals surface area contributed by atoms with E-state index in [9.17, 15) is 0 Å². The Morgan fingerprint density at radius 3 is 1.47 bits per heavy atom. The van der Waals surface area contributed by atoms with Gasteiger partial charge in [0.05, 0.1) is 0 Å². The molecule has 0 saturated heterocycles. The van der Waals surface area contributed by atoms with Crippen molar-refractivity contribution in [1.82, 2.24) is 0 Å². The van der Waals surface area contributed by atoms with E-state index in [0.717, 1.165) is 18.5 Å². The van der Waals surface area contributed by atoms with Gasteiger partial charge in [-0.2, -0.15) is 0 Å². The van der Waals surface area contributed by atoms with E-state index in [1.807, 2.05) is 0 Å². The van der Waals surface area contributed by atoms with Gasteiger partial charge in [0, 0.05) is 18.5 Å². The number of ether oxygens (including phenoxy) is 1. The molecule has 0 heterocycles. The van der Waals surface area contributed by atoms with Crippen LogP contribution in [0.4, 0.5) is 0 Å². The molecule has 0 rings (SSSR count). The lowest BCUT2D eigenvalue weighted by molar-refractivity contribution is 0.127. The molecule has 0 bridgehead atoms. The van der Waals surface area contributed by atoms with Gasteiger partial charge in [0.25, 0.3) is 0 Å². The average molecular weight is 335 g/mol. The summed E-state index contributed by atoms with van der Waals surface area (Å²) in [5.74, 6) is 0. The highest BCUT2D eigenvalue weighted by Gasteiger charge is 1.93. The van der Waals surface area contributed by atoms with E-state index >= 15 is 0 Å². The fourth-order valence-corrected chi connectivity index (χ4v) is 2.67. The molecule has 0 saturated carbocycles. The van der Waals surface area contributed by atoms with E-state index in [4.69, 9.17) is 4.74 Å². The van der Waals surface area contributed by atoms with Crippen LogP contribution in [0.5, 0.6) is 0 Å². The van der Waals surface area contributed by atoms with Crippen molar-refractivity contribution in [1.29, 1.82) is 0 Å². The van der Waals surface area contributed by atoms with E-state index in [-0.39, 0.29) is 0 Å². The van der Waals surface area contributed by atoms with Crippen LogP contribution in [0.1, 0.15) is 90.4 Å². The molecule has 0 atom stereocenters. The Morgan fingerprint density at radius 2 is 1.00 bits per heavy atom. The minimum absolute atomic E-state index is 0.948. The first-order valence-electron chi connectivity index (χ1n) is 8.55. The number of hydrogen-bond acceptors (Lipinski definition) is 1.